The van der Waals surface area contributed by atoms with E-state index in [2.05, 4.69) is 35.6 Å². The molecule has 3 heteroatoms. The number of unbranched alkanes of at least 4 members (excludes halogenated alkanes) is 1. The Morgan fingerprint density at radius 2 is 1.85 bits per heavy atom. The summed E-state index contributed by atoms with van der Waals surface area (Å²) in [6, 6.07) is 16.4. The van der Waals surface area contributed by atoms with Gasteiger partial charge in [-0.3, -0.25) is 0 Å². The smallest absolute Gasteiger partial charge is 0.137 e. The predicted octanol–water partition coefficient (Wildman–Crippen LogP) is 4.78. The van der Waals surface area contributed by atoms with Crippen molar-refractivity contribution in [1.82, 2.24) is 0 Å². The number of nitrogens with one attached hydrogen (secondary N) is 1. The molecule has 2 nitrogen and oxygen atoms in total. The first-order valence-corrected chi connectivity index (χ1v) is 7.29. The summed E-state index contributed by atoms with van der Waals surface area (Å²) in [6.07, 6.45) is 3.45. The minimum absolute atomic E-state index is 0.641. The molecular weight excluding hydrogens is 270 g/mol. The van der Waals surface area contributed by atoms with Crippen molar-refractivity contribution >= 4 is 17.3 Å². The summed E-state index contributed by atoms with van der Waals surface area (Å²) in [5.74, 6) is 0.710. The molecule has 2 aromatic rings. The monoisotopic (exact) mass is 289 g/mol. The summed E-state index contributed by atoms with van der Waals surface area (Å²) in [5, 5.41) is 4.02. The van der Waals surface area contributed by atoms with E-state index in [1.165, 1.54) is 12.0 Å². The molecule has 0 fully saturated rings. The van der Waals surface area contributed by atoms with Gasteiger partial charge in [-0.1, -0.05) is 41.9 Å². The highest BCUT2D eigenvalue weighted by Gasteiger charge is 2.01. The molecule has 0 aliphatic rings. The molecule has 0 aromatic heterocycles. The van der Waals surface area contributed by atoms with E-state index in [9.17, 15) is 0 Å². The van der Waals surface area contributed by atoms with E-state index < -0.39 is 0 Å². The minimum atomic E-state index is 0.641. The van der Waals surface area contributed by atoms with E-state index in [0.717, 1.165) is 25.1 Å². The molecule has 0 saturated heterocycles. The molecule has 20 heavy (non-hydrogen) atoms. The summed E-state index contributed by atoms with van der Waals surface area (Å²) in [5.41, 5.74) is 2.44. The molecule has 0 spiro atoms. The average Bonchev–Trinajstić information content (AvgIpc) is 2.48. The summed E-state index contributed by atoms with van der Waals surface area (Å²) in [4.78, 5) is 0. The van der Waals surface area contributed by atoms with Crippen LogP contribution in [0.15, 0.2) is 48.5 Å². The number of methoxy groups -OCH3 is 1. The van der Waals surface area contributed by atoms with Crippen molar-refractivity contribution in [2.24, 2.45) is 0 Å². The molecule has 0 saturated carbocycles. The number of hydrogen-bond acceptors (Lipinski definition) is 2. The number of anilines is 1. The Labute approximate surface area is 125 Å². The lowest BCUT2D eigenvalue weighted by Gasteiger charge is -2.09. The highest BCUT2D eigenvalue weighted by atomic mass is 35.5. The highest BCUT2D eigenvalue weighted by molar-refractivity contribution is 6.32. The lowest BCUT2D eigenvalue weighted by atomic mass is 10.1. The van der Waals surface area contributed by atoms with Crippen molar-refractivity contribution < 1.29 is 4.74 Å². The number of hydrogen-bond donors (Lipinski definition) is 1. The largest absolute Gasteiger partial charge is 0.495 e. The Hall–Kier alpha value is -1.67. The fourth-order valence-electron chi connectivity index (χ4n) is 2.11. The number of rotatable bonds is 7. The number of aryl methyl sites for hydroxylation is 1. The fourth-order valence-corrected chi connectivity index (χ4v) is 2.37. The van der Waals surface area contributed by atoms with Gasteiger partial charge in [-0.15, -0.1) is 0 Å². The van der Waals surface area contributed by atoms with Crippen molar-refractivity contribution in [3.63, 3.8) is 0 Å². The second kappa shape index (κ2) is 7.81. The fraction of sp³-hybridized carbons (Fsp3) is 0.294. The van der Waals surface area contributed by atoms with Crippen LogP contribution in [0.25, 0.3) is 0 Å². The van der Waals surface area contributed by atoms with Gasteiger partial charge in [0, 0.05) is 12.2 Å². The van der Waals surface area contributed by atoms with Gasteiger partial charge in [0.25, 0.3) is 0 Å². The van der Waals surface area contributed by atoms with Gasteiger partial charge in [-0.05, 0) is 43.0 Å². The van der Waals surface area contributed by atoms with E-state index >= 15 is 0 Å². The van der Waals surface area contributed by atoms with E-state index in [1.54, 1.807) is 7.11 Å². The summed E-state index contributed by atoms with van der Waals surface area (Å²) in [6.45, 7) is 0.954. The maximum absolute atomic E-state index is 6.08. The Morgan fingerprint density at radius 3 is 2.55 bits per heavy atom. The van der Waals surface area contributed by atoms with E-state index in [0.29, 0.717) is 10.8 Å². The molecule has 0 bridgehead atoms. The van der Waals surface area contributed by atoms with Crippen LogP contribution in [0.4, 0.5) is 5.69 Å². The van der Waals surface area contributed by atoms with Gasteiger partial charge in [0.2, 0.25) is 0 Å². The second-order valence-electron chi connectivity index (χ2n) is 4.72. The molecule has 0 aliphatic carbocycles. The SMILES string of the molecule is COc1ccc(NCCCCc2ccccc2)cc1Cl. The lowest BCUT2D eigenvalue weighted by Crippen LogP contribution is -2.02. The zero-order chi connectivity index (χ0) is 14.2. The lowest BCUT2D eigenvalue weighted by molar-refractivity contribution is 0.415. The van der Waals surface area contributed by atoms with Crippen molar-refractivity contribution in [1.29, 1.82) is 0 Å². The molecular formula is C17H20ClNO. The molecule has 0 atom stereocenters. The Kier molecular flexibility index (Phi) is 5.75. The first kappa shape index (κ1) is 14.7. The molecule has 0 unspecified atom stereocenters. The summed E-state index contributed by atoms with van der Waals surface area (Å²) < 4.78 is 5.13. The van der Waals surface area contributed by atoms with E-state index in [4.69, 9.17) is 16.3 Å². The van der Waals surface area contributed by atoms with Crippen LogP contribution in [-0.2, 0) is 6.42 Å². The van der Waals surface area contributed by atoms with Gasteiger partial charge in [-0.25, -0.2) is 0 Å². The summed E-state index contributed by atoms with van der Waals surface area (Å²) >= 11 is 6.08. The highest BCUT2D eigenvalue weighted by Crippen LogP contribution is 2.27. The molecule has 0 aliphatic heterocycles. The molecule has 2 rings (SSSR count). The van der Waals surface area contributed by atoms with E-state index in [1.807, 2.05) is 18.2 Å². The van der Waals surface area contributed by atoms with Crippen LogP contribution in [-0.4, -0.2) is 13.7 Å². The van der Waals surface area contributed by atoms with Crippen molar-refractivity contribution in [2.75, 3.05) is 19.0 Å². The Morgan fingerprint density at radius 1 is 1.05 bits per heavy atom. The first-order valence-electron chi connectivity index (χ1n) is 6.91. The summed E-state index contributed by atoms with van der Waals surface area (Å²) in [7, 11) is 1.62. The zero-order valence-electron chi connectivity index (χ0n) is 11.7. The maximum Gasteiger partial charge on any atom is 0.137 e. The van der Waals surface area contributed by atoms with Gasteiger partial charge in [-0.2, -0.15) is 0 Å². The zero-order valence-corrected chi connectivity index (χ0v) is 12.5. The molecule has 2 aromatic carbocycles. The maximum atomic E-state index is 6.08. The second-order valence-corrected chi connectivity index (χ2v) is 5.13. The predicted molar refractivity (Wildman–Crippen MR) is 85.9 cm³/mol. The van der Waals surface area contributed by atoms with Gasteiger partial charge < -0.3 is 10.1 Å². The normalized spacial score (nSPS) is 10.3. The molecule has 0 radical (unpaired) electrons. The first-order chi connectivity index (χ1) is 9.79. The number of halogens is 1. The van der Waals surface area contributed by atoms with Crippen LogP contribution >= 0.6 is 11.6 Å². The average molecular weight is 290 g/mol. The Bertz CT molecular complexity index is 528. The van der Waals surface area contributed by atoms with Gasteiger partial charge >= 0.3 is 0 Å². The third-order valence-electron chi connectivity index (χ3n) is 3.22. The third kappa shape index (κ3) is 4.46. The van der Waals surface area contributed by atoms with Gasteiger partial charge in [0.1, 0.15) is 5.75 Å². The van der Waals surface area contributed by atoms with Crippen LogP contribution in [0.1, 0.15) is 18.4 Å². The van der Waals surface area contributed by atoms with Crippen LogP contribution < -0.4 is 10.1 Å². The topological polar surface area (TPSA) is 21.3 Å². The minimum Gasteiger partial charge on any atom is -0.495 e. The van der Waals surface area contributed by atoms with Crippen LogP contribution in [0, 0.1) is 0 Å². The van der Waals surface area contributed by atoms with Crippen molar-refractivity contribution in [3.8, 4) is 5.75 Å². The molecule has 0 amide bonds. The van der Waals surface area contributed by atoms with Crippen LogP contribution in [0.2, 0.25) is 5.02 Å². The standard InChI is InChI=1S/C17H20ClNO/c1-20-17-11-10-15(13-16(17)18)19-12-6-5-9-14-7-3-2-4-8-14/h2-4,7-8,10-11,13,19H,5-6,9,12H2,1H3. The number of benzene rings is 2. The third-order valence-corrected chi connectivity index (χ3v) is 3.51. The molecule has 1 N–H and O–H groups in total. The molecule has 0 heterocycles. The molecule has 106 valence electrons. The van der Waals surface area contributed by atoms with Gasteiger partial charge in [0.05, 0.1) is 12.1 Å². The quantitative estimate of drug-likeness (QED) is 0.740. The van der Waals surface area contributed by atoms with Crippen LogP contribution in [0.3, 0.4) is 0 Å². The van der Waals surface area contributed by atoms with Crippen molar-refractivity contribution in [2.45, 2.75) is 19.3 Å². The Balaban J connectivity index is 1.69. The van der Waals surface area contributed by atoms with Crippen LogP contribution in [0.5, 0.6) is 5.75 Å². The number of ether oxygens (including phenoxy) is 1. The van der Waals surface area contributed by atoms with E-state index in [-0.39, 0.29) is 0 Å². The van der Waals surface area contributed by atoms with Crippen molar-refractivity contribution in [3.05, 3.63) is 59.1 Å². The van der Waals surface area contributed by atoms with Gasteiger partial charge in [0.15, 0.2) is 0 Å².